The van der Waals surface area contributed by atoms with Crippen molar-refractivity contribution < 1.29 is 37.0 Å². The second-order valence-corrected chi connectivity index (χ2v) is 0. The molecule has 4 heavy (non-hydrogen) atoms. The van der Waals surface area contributed by atoms with Crippen LogP contribution in [0.25, 0.3) is 0 Å². The third kappa shape index (κ3) is 8.82. The van der Waals surface area contributed by atoms with Crippen LogP contribution >= 0.6 is 0 Å². The van der Waals surface area contributed by atoms with E-state index in [1.807, 2.05) is 0 Å². The summed E-state index contributed by atoms with van der Waals surface area (Å²) in [5.41, 5.74) is 0. The van der Waals surface area contributed by atoms with Crippen LogP contribution in [0.1, 0.15) is 0 Å². The average Bonchev–Trinajstić information content (AvgIpc) is 1.00. The molecule has 0 spiro atoms. The van der Waals surface area contributed by atoms with Crippen LogP contribution in [0.4, 0.5) is 0 Å². The zero-order chi connectivity index (χ0) is 2.00. The Kier molecular flexibility index (Phi) is 72.3. The minimum absolute atomic E-state index is 0. The first-order valence-corrected chi connectivity index (χ1v) is 3.01. The molecule has 0 aliphatic heterocycles. The molecule has 0 heterocycles. The molecule has 0 aromatic heterocycles. The maximum absolute atomic E-state index is 3.25. The van der Waals surface area contributed by atoms with Crippen LogP contribution in [0.3, 0.4) is 0 Å². The van der Waals surface area contributed by atoms with Gasteiger partial charge in [0.1, 0.15) is 0 Å². The van der Waals surface area contributed by atoms with Gasteiger partial charge in [-0.25, -0.2) is 0 Å². The van der Waals surface area contributed by atoms with Crippen LogP contribution in [0.15, 0.2) is 0 Å². The first-order chi connectivity index (χ1) is 1.00. The molecule has 0 saturated carbocycles. The molecule has 22 valence electrons. The van der Waals surface area contributed by atoms with Gasteiger partial charge < -0.3 is 5.48 Å². The Morgan fingerprint density at radius 2 is 1.25 bits per heavy atom. The molecule has 0 fully saturated rings. The Morgan fingerprint density at radius 3 is 1.25 bits per heavy atom. The zero-order valence-corrected chi connectivity index (χ0v) is 8.09. The van der Waals surface area contributed by atoms with Crippen molar-refractivity contribution in [1.29, 1.82) is 0 Å². The summed E-state index contributed by atoms with van der Waals surface area (Å²) in [6, 6.07) is 0. The van der Waals surface area contributed by atoms with Gasteiger partial charge in [0.25, 0.3) is 0 Å². The number of rotatable bonds is 0. The van der Waals surface area contributed by atoms with E-state index in [0.717, 1.165) is 0 Å². The van der Waals surface area contributed by atoms with Crippen LogP contribution in [-0.4, -0.2) is 43.2 Å². The Morgan fingerprint density at radius 1 is 1.25 bits per heavy atom. The molecule has 0 aliphatic rings. The van der Waals surface area contributed by atoms with Gasteiger partial charge in [0.05, 0.1) is 0 Å². The normalized spacial score (nSPS) is 1.00. The molecule has 0 bridgehead atoms. The molecule has 0 saturated heterocycles. The summed E-state index contributed by atoms with van der Waals surface area (Å²) in [4.78, 5) is 0. The summed E-state index contributed by atoms with van der Waals surface area (Å²) in [7, 11) is 0. The van der Waals surface area contributed by atoms with Crippen LogP contribution in [0.5, 0.6) is 0 Å². The van der Waals surface area contributed by atoms with Gasteiger partial charge in [-0.3, -0.25) is 0 Å². The first kappa shape index (κ1) is 16.1. The molecule has 0 atom stereocenters. The van der Waals surface area contributed by atoms with Crippen LogP contribution in [0.2, 0.25) is 0 Å². The number of hydrogen-bond donors (Lipinski definition) is 0. The maximum atomic E-state index is 3.25. The summed E-state index contributed by atoms with van der Waals surface area (Å²) in [6.07, 6.45) is 0. The summed E-state index contributed by atoms with van der Waals surface area (Å²) >= 11 is 5.00. The van der Waals surface area contributed by atoms with E-state index in [9.17, 15) is 0 Å². The molecule has 1 N–H and O–H groups in total. The molecule has 0 radical (unpaired) electrons. The molecule has 0 amide bonds. The van der Waals surface area contributed by atoms with Gasteiger partial charge in [-0.05, 0) is 0 Å². The van der Waals surface area contributed by atoms with E-state index in [1.165, 1.54) is 0 Å². The fourth-order valence-electron chi connectivity index (χ4n) is 0. The van der Waals surface area contributed by atoms with Crippen molar-refractivity contribution in [2.24, 2.45) is 0 Å². The summed E-state index contributed by atoms with van der Waals surface area (Å²) in [5, 5.41) is 0. The molecule has 0 aliphatic carbocycles. The molecule has 0 unspecified atom stereocenters. The molecular weight excluding hydrogens is 160 g/mol. The standard InChI is InChI=1S/Ca.Fe.H2O.Ti.H/h;;1H2;;/q+1;;;;/p-1. The molecule has 4 heteroatoms. The summed E-state index contributed by atoms with van der Waals surface area (Å²) in [6.45, 7) is 0. The van der Waals surface area contributed by atoms with Gasteiger partial charge in [-0.1, -0.05) is 0 Å². The minimum atomic E-state index is 0. The SMILES string of the molecule is [CaH+].[OH-].[Ti][Fe]. The summed E-state index contributed by atoms with van der Waals surface area (Å²) in [5.74, 6) is 0. The van der Waals surface area contributed by atoms with Crippen LogP contribution in [-0.2, 0) is 31.6 Å². The van der Waals surface area contributed by atoms with E-state index in [0.29, 0.717) is 0 Å². The van der Waals surface area contributed by atoms with Gasteiger partial charge in [-0.2, -0.15) is 0 Å². The third-order valence-electron chi connectivity index (χ3n) is 0. The third-order valence-corrected chi connectivity index (χ3v) is 0. The fourth-order valence-corrected chi connectivity index (χ4v) is 0. The Bertz CT molecular complexity index is 8.00. The number of hydrogen-bond acceptors (Lipinski definition) is 1. The molecule has 0 rings (SSSR count). The molecule has 0 aromatic rings. The summed E-state index contributed by atoms with van der Waals surface area (Å²) < 4.78 is 0. The van der Waals surface area contributed by atoms with Crippen molar-refractivity contribution in [3.05, 3.63) is 0 Å². The van der Waals surface area contributed by atoms with Crippen molar-refractivity contribution in [1.82, 2.24) is 0 Å². The second-order valence-electron chi connectivity index (χ2n) is 0. The monoisotopic (exact) mass is 162 g/mol. The molecule has 0 aromatic carbocycles. The first-order valence-electron chi connectivity index (χ1n) is 0.177. The Labute approximate surface area is 73.3 Å². The van der Waals surface area contributed by atoms with Crippen molar-refractivity contribution in [3.63, 3.8) is 0 Å². The van der Waals surface area contributed by atoms with Crippen LogP contribution < -0.4 is 0 Å². The zero-order valence-electron chi connectivity index (χ0n) is 2.30. The molecular formula is H2CaFeOTi. The van der Waals surface area contributed by atoms with Gasteiger partial charge in [-0.15, -0.1) is 0 Å². The van der Waals surface area contributed by atoms with Crippen LogP contribution in [0, 0.1) is 0 Å². The van der Waals surface area contributed by atoms with Gasteiger partial charge >= 0.3 is 69.3 Å². The Balaban J connectivity index is -0.00000000500. The van der Waals surface area contributed by atoms with Gasteiger partial charge in [0, 0.05) is 0 Å². The predicted molar refractivity (Wildman–Crippen MR) is 9.08 cm³/mol. The topological polar surface area (TPSA) is 30.0 Å². The van der Waals surface area contributed by atoms with Crippen molar-refractivity contribution in [3.8, 4) is 0 Å². The fraction of sp³-hybridized carbons (Fsp3) is 0. The van der Waals surface area contributed by atoms with E-state index >= 15 is 0 Å². The average molecular weight is 162 g/mol. The quantitative estimate of drug-likeness (QED) is 0.427. The predicted octanol–water partition coefficient (Wildman–Crippen LogP) is -0.830. The second kappa shape index (κ2) is 18.0. The van der Waals surface area contributed by atoms with E-state index in [-0.39, 0.29) is 43.2 Å². The van der Waals surface area contributed by atoms with Crippen molar-refractivity contribution >= 4 is 37.7 Å². The Hall–Kier alpha value is 2.45. The van der Waals surface area contributed by atoms with Crippen molar-refractivity contribution in [2.45, 2.75) is 0 Å². The van der Waals surface area contributed by atoms with E-state index in [4.69, 9.17) is 0 Å². The van der Waals surface area contributed by atoms with E-state index in [2.05, 4.69) is 13.2 Å². The van der Waals surface area contributed by atoms with Gasteiger partial charge in [0.15, 0.2) is 0 Å². The van der Waals surface area contributed by atoms with E-state index < -0.39 is 0 Å². The van der Waals surface area contributed by atoms with Gasteiger partial charge in [0.2, 0.25) is 0 Å². The van der Waals surface area contributed by atoms with Crippen molar-refractivity contribution in [2.75, 3.05) is 0 Å². The van der Waals surface area contributed by atoms with E-state index in [1.54, 1.807) is 18.3 Å². The molecule has 1 nitrogen and oxygen atoms in total.